The number of rotatable bonds is 5. The molecule has 0 unspecified atom stereocenters. The largest absolute Gasteiger partial charge is 0.330 e. The first-order valence-electron chi connectivity index (χ1n) is 4.95. The van der Waals surface area contributed by atoms with Gasteiger partial charge in [-0.3, -0.25) is 10.1 Å². The zero-order valence-corrected chi connectivity index (χ0v) is 8.73. The van der Waals surface area contributed by atoms with Crippen LogP contribution in [0.3, 0.4) is 0 Å². The van der Waals surface area contributed by atoms with Crippen molar-refractivity contribution in [2.75, 3.05) is 6.54 Å². The summed E-state index contributed by atoms with van der Waals surface area (Å²) in [7, 11) is 0. The molecule has 0 aliphatic rings. The Kier molecular flexibility index (Phi) is 4.33. The zero-order valence-electron chi connectivity index (χ0n) is 8.73. The Morgan fingerprint density at radius 2 is 2.19 bits per heavy atom. The fraction of sp³-hybridized carbons (Fsp3) is 0.400. The van der Waals surface area contributed by atoms with Gasteiger partial charge in [-0.05, 0) is 25.5 Å². The maximum atomic E-state index is 13.4. The molecule has 0 aliphatic carbocycles. The molecule has 16 heavy (non-hydrogen) atoms. The minimum atomic E-state index is -0.571. The topological polar surface area (TPSA) is 95.2 Å². The van der Waals surface area contributed by atoms with Crippen LogP contribution in [0.15, 0.2) is 18.2 Å². The Morgan fingerprint density at radius 1 is 1.50 bits per heavy atom. The number of nitrogens with two attached hydrogens (primary N) is 2. The van der Waals surface area contributed by atoms with E-state index >= 15 is 0 Å². The van der Waals surface area contributed by atoms with Crippen molar-refractivity contribution in [3.63, 3.8) is 0 Å². The summed E-state index contributed by atoms with van der Waals surface area (Å²) >= 11 is 0. The van der Waals surface area contributed by atoms with E-state index in [1.165, 1.54) is 6.07 Å². The van der Waals surface area contributed by atoms with Crippen LogP contribution in [-0.4, -0.2) is 11.5 Å². The number of benzene rings is 1. The minimum absolute atomic E-state index is 0.153. The van der Waals surface area contributed by atoms with E-state index in [1.807, 2.05) is 0 Å². The minimum Gasteiger partial charge on any atom is -0.330 e. The number of nitro groups is 1. The SMILES string of the molecule is NCCC[C@@H](N)c1cc([N+](=O)[O-])ccc1F. The van der Waals surface area contributed by atoms with Gasteiger partial charge in [-0.2, -0.15) is 0 Å². The van der Waals surface area contributed by atoms with E-state index in [4.69, 9.17) is 11.5 Å². The first kappa shape index (κ1) is 12.5. The van der Waals surface area contributed by atoms with Crippen LogP contribution in [0, 0.1) is 15.9 Å². The summed E-state index contributed by atoms with van der Waals surface area (Å²) in [5.41, 5.74) is 11.1. The Balaban J connectivity index is 2.92. The fourth-order valence-corrected chi connectivity index (χ4v) is 1.42. The maximum Gasteiger partial charge on any atom is 0.269 e. The van der Waals surface area contributed by atoms with Gasteiger partial charge in [0.1, 0.15) is 5.82 Å². The van der Waals surface area contributed by atoms with Gasteiger partial charge in [0.15, 0.2) is 0 Å². The van der Waals surface area contributed by atoms with Crippen LogP contribution in [-0.2, 0) is 0 Å². The molecule has 0 saturated heterocycles. The first-order valence-corrected chi connectivity index (χ1v) is 4.95. The van der Waals surface area contributed by atoms with E-state index in [-0.39, 0.29) is 11.3 Å². The first-order chi connectivity index (χ1) is 7.56. The van der Waals surface area contributed by atoms with Crippen LogP contribution < -0.4 is 11.5 Å². The highest BCUT2D eigenvalue weighted by molar-refractivity contribution is 5.36. The summed E-state index contributed by atoms with van der Waals surface area (Å²) < 4.78 is 13.4. The Morgan fingerprint density at radius 3 is 2.75 bits per heavy atom. The number of hydrogen-bond donors (Lipinski definition) is 2. The Bertz CT molecular complexity index is 384. The van der Waals surface area contributed by atoms with Gasteiger partial charge >= 0.3 is 0 Å². The van der Waals surface area contributed by atoms with Gasteiger partial charge in [0.25, 0.3) is 5.69 Å². The van der Waals surface area contributed by atoms with Gasteiger partial charge in [-0.1, -0.05) is 0 Å². The van der Waals surface area contributed by atoms with E-state index in [0.717, 1.165) is 12.1 Å². The summed E-state index contributed by atoms with van der Waals surface area (Å²) in [5.74, 6) is -0.518. The highest BCUT2D eigenvalue weighted by Crippen LogP contribution is 2.23. The number of halogens is 1. The second-order valence-corrected chi connectivity index (χ2v) is 3.50. The molecule has 1 atom stereocenters. The van der Waals surface area contributed by atoms with Crippen molar-refractivity contribution >= 4 is 5.69 Å². The second kappa shape index (κ2) is 5.53. The van der Waals surface area contributed by atoms with Gasteiger partial charge in [-0.25, -0.2) is 4.39 Å². The lowest BCUT2D eigenvalue weighted by molar-refractivity contribution is -0.385. The molecule has 1 aromatic rings. The third-order valence-electron chi connectivity index (χ3n) is 2.31. The van der Waals surface area contributed by atoms with Crippen molar-refractivity contribution in [1.29, 1.82) is 0 Å². The standard InChI is InChI=1S/C10H14FN3O2/c11-9-4-3-7(14(15)16)6-8(9)10(13)2-1-5-12/h3-4,6,10H,1-2,5,12-13H2/t10-/m1/s1. The van der Waals surface area contributed by atoms with Crippen LogP contribution in [0.25, 0.3) is 0 Å². The molecule has 0 amide bonds. The summed E-state index contributed by atoms with van der Waals surface area (Å²) in [6.45, 7) is 0.463. The molecule has 0 aliphatic heterocycles. The van der Waals surface area contributed by atoms with E-state index < -0.39 is 16.8 Å². The van der Waals surface area contributed by atoms with E-state index in [0.29, 0.717) is 19.4 Å². The van der Waals surface area contributed by atoms with Crippen molar-refractivity contribution in [2.45, 2.75) is 18.9 Å². The van der Waals surface area contributed by atoms with Crippen LogP contribution in [0.5, 0.6) is 0 Å². The molecule has 1 rings (SSSR count). The zero-order chi connectivity index (χ0) is 12.1. The van der Waals surface area contributed by atoms with Crippen molar-refractivity contribution in [1.82, 2.24) is 0 Å². The molecule has 0 spiro atoms. The van der Waals surface area contributed by atoms with Crippen molar-refractivity contribution in [3.05, 3.63) is 39.7 Å². The third-order valence-corrected chi connectivity index (χ3v) is 2.31. The molecular weight excluding hydrogens is 213 g/mol. The summed E-state index contributed by atoms with van der Waals surface area (Å²) in [4.78, 5) is 9.95. The quantitative estimate of drug-likeness (QED) is 0.588. The number of non-ortho nitro benzene ring substituents is 1. The second-order valence-electron chi connectivity index (χ2n) is 3.50. The highest BCUT2D eigenvalue weighted by Gasteiger charge is 2.15. The maximum absolute atomic E-state index is 13.4. The molecule has 5 nitrogen and oxygen atoms in total. The van der Waals surface area contributed by atoms with E-state index in [9.17, 15) is 14.5 Å². The molecule has 0 fully saturated rings. The van der Waals surface area contributed by atoms with Gasteiger partial charge < -0.3 is 11.5 Å². The predicted molar refractivity (Wildman–Crippen MR) is 58.3 cm³/mol. The lowest BCUT2D eigenvalue weighted by atomic mass is 10.0. The molecule has 0 radical (unpaired) electrons. The van der Waals surface area contributed by atoms with Gasteiger partial charge in [-0.15, -0.1) is 0 Å². The molecule has 0 heterocycles. The molecule has 1 aromatic carbocycles. The molecule has 0 saturated carbocycles. The normalized spacial score (nSPS) is 12.4. The predicted octanol–water partition coefficient (Wildman–Crippen LogP) is 1.47. The molecule has 0 bridgehead atoms. The third kappa shape index (κ3) is 2.98. The summed E-state index contributed by atoms with van der Waals surface area (Å²) in [6, 6.07) is 2.81. The lowest BCUT2D eigenvalue weighted by Crippen LogP contribution is -2.14. The van der Waals surface area contributed by atoms with Crippen LogP contribution in [0.4, 0.5) is 10.1 Å². The number of hydrogen-bond acceptors (Lipinski definition) is 4. The number of nitro benzene ring substituents is 1. The molecule has 0 aromatic heterocycles. The summed E-state index contributed by atoms with van der Waals surface area (Å²) in [6.07, 6.45) is 1.16. The number of nitrogens with zero attached hydrogens (tertiary/aromatic N) is 1. The van der Waals surface area contributed by atoms with Crippen LogP contribution in [0.1, 0.15) is 24.4 Å². The van der Waals surface area contributed by atoms with Crippen molar-refractivity contribution in [3.8, 4) is 0 Å². The molecular formula is C10H14FN3O2. The van der Waals surface area contributed by atoms with Gasteiger partial charge in [0.2, 0.25) is 0 Å². The highest BCUT2D eigenvalue weighted by atomic mass is 19.1. The van der Waals surface area contributed by atoms with Gasteiger partial charge in [0.05, 0.1) is 4.92 Å². The molecule has 88 valence electrons. The lowest BCUT2D eigenvalue weighted by Gasteiger charge is -2.11. The molecule has 6 heteroatoms. The monoisotopic (exact) mass is 227 g/mol. The average Bonchev–Trinajstić information content (AvgIpc) is 2.26. The van der Waals surface area contributed by atoms with Crippen LogP contribution in [0.2, 0.25) is 0 Å². The molecule has 4 N–H and O–H groups in total. The summed E-state index contributed by atoms with van der Waals surface area (Å²) in [5, 5.41) is 10.5. The van der Waals surface area contributed by atoms with Gasteiger partial charge in [0, 0.05) is 23.7 Å². The van der Waals surface area contributed by atoms with E-state index in [2.05, 4.69) is 0 Å². The fourth-order valence-electron chi connectivity index (χ4n) is 1.42. The smallest absolute Gasteiger partial charge is 0.269 e. The average molecular weight is 227 g/mol. The Labute approximate surface area is 92.4 Å². The Hall–Kier alpha value is -1.53. The van der Waals surface area contributed by atoms with Crippen molar-refractivity contribution in [2.24, 2.45) is 11.5 Å². The van der Waals surface area contributed by atoms with Crippen LogP contribution >= 0.6 is 0 Å². The van der Waals surface area contributed by atoms with E-state index in [1.54, 1.807) is 0 Å². The van der Waals surface area contributed by atoms with Crippen molar-refractivity contribution < 1.29 is 9.31 Å².